The van der Waals surface area contributed by atoms with Crippen molar-refractivity contribution in [2.24, 2.45) is 5.92 Å². The van der Waals surface area contributed by atoms with Crippen LogP contribution in [0.5, 0.6) is 11.5 Å². The number of hydrogen-bond acceptors (Lipinski definition) is 4. The number of aryl methyl sites for hydroxylation is 1. The summed E-state index contributed by atoms with van der Waals surface area (Å²) in [5, 5.41) is 19.0. The maximum atomic E-state index is 9.51. The number of phenolic OH excluding ortho intramolecular Hbond substituents is 2. The van der Waals surface area contributed by atoms with Crippen LogP contribution in [0.1, 0.15) is 26.0 Å². The van der Waals surface area contributed by atoms with E-state index in [0.29, 0.717) is 5.92 Å². The zero-order chi connectivity index (χ0) is 17.8. The van der Waals surface area contributed by atoms with Crippen LogP contribution in [0.4, 0.5) is 0 Å². The van der Waals surface area contributed by atoms with Gasteiger partial charge in [0, 0.05) is 11.1 Å². The van der Waals surface area contributed by atoms with Crippen molar-refractivity contribution in [3.05, 3.63) is 60.4 Å². The van der Waals surface area contributed by atoms with Crippen molar-refractivity contribution in [1.82, 2.24) is 9.97 Å². The van der Waals surface area contributed by atoms with Gasteiger partial charge in [0.2, 0.25) is 0 Å². The molecule has 0 radical (unpaired) electrons. The van der Waals surface area contributed by atoms with Gasteiger partial charge in [-0.15, -0.1) is 0 Å². The molecule has 0 unspecified atom stereocenters. The summed E-state index contributed by atoms with van der Waals surface area (Å²) in [6.07, 6.45) is 3.62. The van der Waals surface area contributed by atoms with Gasteiger partial charge in [0.25, 0.3) is 0 Å². The highest BCUT2D eigenvalue weighted by molar-refractivity contribution is 5.66. The number of benzene rings is 2. The van der Waals surface area contributed by atoms with Gasteiger partial charge in [0.15, 0.2) is 0 Å². The van der Waals surface area contributed by atoms with Crippen LogP contribution in [0.25, 0.3) is 22.5 Å². The van der Waals surface area contributed by atoms with E-state index in [9.17, 15) is 10.2 Å². The van der Waals surface area contributed by atoms with Crippen LogP contribution >= 0.6 is 0 Å². The van der Waals surface area contributed by atoms with Gasteiger partial charge < -0.3 is 10.2 Å². The first-order valence-corrected chi connectivity index (χ1v) is 8.47. The Hall–Kier alpha value is -2.88. The third-order valence-corrected chi connectivity index (χ3v) is 4.11. The molecule has 1 heterocycles. The minimum atomic E-state index is 0.234. The molecule has 4 heteroatoms. The largest absolute Gasteiger partial charge is 0.508 e. The molecule has 0 atom stereocenters. The van der Waals surface area contributed by atoms with Crippen molar-refractivity contribution >= 4 is 0 Å². The fourth-order valence-electron chi connectivity index (χ4n) is 2.66. The maximum Gasteiger partial charge on any atom is 0.115 e. The molecule has 4 nitrogen and oxygen atoms in total. The summed E-state index contributed by atoms with van der Waals surface area (Å²) < 4.78 is 0. The fraction of sp³-hybridized carbons (Fsp3) is 0.238. The second-order valence-electron chi connectivity index (χ2n) is 6.58. The number of aromatic hydroxyl groups is 2. The molecule has 0 saturated carbocycles. The van der Waals surface area contributed by atoms with Crippen LogP contribution in [-0.2, 0) is 6.42 Å². The lowest BCUT2D eigenvalue weighted by atomic mass is 10.0. The van der Waals surface area contributed by atoms with E-state index in [2.05, 4.69) is 18.8 Å². The summed E-state index contributed by atoms with van der Waals surface area (Å²) in [4.78, 5) is 9.49. The molecule has 0 aliphatic heterocycles. The molecule has 0 aliphatic rings. The lowest BCUT2D eigenvalue weighted by Crippen LogP contribution is -2.02. The Morgan fingerprint density at radius 1 is 0.840 bits per heavy atom. The zero-order valence-corrected chi connectivity index (χ0v) is 14.5. The third kappa shape index (κ3) is 4.15. The topological polar surface area (TPSA) is 66.2 Å². The van der Waals surface area contributed by atoms with Gasteiger partial charge in [-0.2, -0.15) is 0 Å². The fourth-order valence-corrected chi connectivity index (χ4v) is 2.66. The standard InChI is InChI=1S/C21H22N2O2/c1-14(2)3-12-19-21(16-6-10-18(25)11-7-16)22-13-20(23-19)15-4-8-17(24)9-5-15/h4-11,13-14,24-25H,3,12H2,1-2H3. The van der Waals surface area contributed by atoms with Gasteiger partial charge in [-0.25, -0.2) is 4.98 Å². The summed E-state index contributed by atoms with van der Waals surface area (Å²) in [6, 6.07) is 14.0. The quantitative estimate of drug-likeness (QED) is 0.702. The Balaban J connectivity index is 2.02. The van der Waals surface area contributed by atoms with Crippen molar-refractivity contribution in [2.45, 2.75) is 26.7 Å². The number of aromatic nitrogens is 2. The van der Waals surface area contributed by atoms with Crippen molar-refractivity contribution in [2.75, 3.05) is 0 Å². The Morgan fingerprint density at radius 3 is 1.96 bits per heavy atom. The summed E-state index contributed by atoms with van der Waals surface area (Å²) >= 11 is 0. The monoisotopic (exact) mass is 334 g/mol. The SMILES string of the molecule is CC(C)CCc1nc(-c2ccc(O)cc2)cnc1-c1ccc(O)cc1. The van der Waals surface area contributed by atoms with E-state index in [1.807, 2.05) is 24.3 Å². The summed E-state index contributed by atoms with van der Waals surface area (Å²) in [5.74, 6) is 1.05. The van der Waals surface area contributed by atoms with Gasteiger partial charge in [-0.3, -0.25) is 4.98 Å². The van der Waals surface area contributed by atoms with Crippen LogP contribution in [0.2, 0.25) is 0 Å². The molecule has 0 amide bonds. The highest BCUT2D eigenvalue weighted by Crippen LogP contribution is 2.27. The average Bonchev–Trinajstić information content (AvgIpc) is 2.61. The van der Waals surface area contributed by atoms with E-state index in [-0.39, 0.29) is 11.5 Å². The second kappa shape index (κ2) is 7.34. The highest BCUT2D eigenvalue weighted by Gasteiger charge is 2.12. The van der Waals surface area contributed by atoms with Crippen LogP contribution in [-0.4, -0.2) is 20.2 Å². The molecule has 1 aromatic heterocycles. The third-order valence-electron chi connectivity index (χ3n) is 4.11. The molecule has 3 aromatic rings. The lowest BCUT2D eigenvalue weighted by molar-refractivity contribution is 0.475. The Kier molecular flexibility index (Phi) is 4.98. The van der Waals surface area contributed by atoms with E-state index in [1.54, 1.807) is 30.5 Å². The van der Waals surface area contributed by atoms with Crippen molar-refractivity contribution in [1.29, 1.82) is 0 Å². The van der Waals surface area contributed by atoms with Gasteiger partial charge in [0.05, 0.1) is 23.3 Å². The van der Waals surface area contributed by atoms with Gasteiger partial charge >= 0.3 is 0 Å². The van der Waals surface area contributed by atoms with Crippen LogP contribution < -0.4 is 0 Å². The predicted octanol–water partition coefficient (Wildman–Crippen LogP) is 4.81. The van der Waals surface area contributed by atoms with Crippen molar-refractivity contribution in [3.8, 4) is 34.0 Å². The highest BCUT2D eigenvalue weighted by atomic mass is 16.3. The molecule has 25 heavy (non-hydrogen) atoms. The van der Waals surface area contributed by atoms with Crippen molar-refractivity contribution in [3.63, 3.8) is 0 Å². The average molecular weight is 334 g/mol. The molecule has 2 aromatic carbocycles. The summed E-state index contributed by atoms with van der Waals surface area (Å²) in [7, 11) is 0. The van der Waals surface area contributed by atoms with Gasteiger partial charge in [-0.05, 0) is 67.3 Å². The number of hydrogen-bond donors (Lipinski definition) is 2. The van der Waals surface area contributed by atoms with Crippen LogP contribution in [0.15, 0.2) is 54.7 Å². The molecule has 128 valence electrons. The lowest BCUT2D eigenvalue weighted by Gasteiger charge is -2.12. The summed E-state index contributed by atoms with van der Waals surface area (Å²) in [6.45, 7) is 4.38. The molecule has 0 spiro atoms. The number of nitrogens with zero attached hydrogens (tertiary/aromatic N) is 2. The number of rotatable bonds is 5. The molecule has 0 bridgehead atoms. The van der Waals surface area contributed by atoms with E-state index in [4.69, 9.17) is 4.98 Å². The first kappa shape index (κ1) is 17.0. The van der Waals surface area contributed by atoms with E-state index >= 15 is 0 Å². The van der Waals surface area contributed by atoms with Crippen LogP contribution in [0, 0.1) is 5.92 Å². The second-order valence-corrected chi connectivity index (χ2v) is 6.58. The molecule has 3 rings (SSSR count). The molecular formula is C21H22N2O2. The van der Waals surface area contributed by atoms with Crippen molar-refractivity contribution < 1.29 is 10.2 Å². The Labute approximate surface area is 147 Å². The Bertz CT molecular complexity index is 841. The van der Waals surface area contributed by atoms with E-state index < -0.39 is 0 Å². The Morgan fingerprint density at radius 2 is 1.40 bits per heavy atom. The predicted molar refractivity (Wildman–Crippen MR) is 99.4 cm³/mol. The van der Waals surface area contributed by atoms with E-state index in [1.165, 1.54) is 0 Å². The summed E-state index contributed by atoms with van der Waals surface area (Å²) in [5.41, 5.74) is 4.46. The number of phenols is 2. The zero-order valence-electron chi connectivity index (χ0n) is 14.5. The minimum absolute atomic E-state index is 0.234. The normalized spacial score (nSPS) is 11.0. The first-order chi connectivity index (χ1) is 12.0. The molecular weight excluding hydrogens is 312 g/mol. The van der Waals surface area contributed by atoms with Gasteiger partial charge in [0.1, 0.15) is 11.5 Å². The smallest absolute Gasteiger partial charge is 0.115 e. The van der Waals surface area contributed by atoms with Crippen LogP contribution in [0.3, 0.4) is 0 Å². The van der Waals surface area contributed by atoms with Gasteiger partial charge in [-0.1, -0.05) is 13.8 Å². The molecule has 0 fully saturated rings. The minimum Gasteiger partial charge on any atom is -0.508 e. The maximum absolute atomic E-state index is 9.51. The molecule has 0 aliphatic carbocycles. The molecule has 0 saturated heterocycles. The molecule has 2 N–H and O–H groups in total. The first-order valence-electron chi connectivity index (χ1n) is 8.47. The van der Waals surface area contributed by atoms with E-state index in [0.717, 1.165) is 41.1 Å².